The highest BCUT2D eigenvalue weighted by Crippen LogP contribution is 2.22. The molecule has 0 aromatic carbocycles. The maximum Gasteiger partial charge on any atom is 0.229 e. The van der Waals surface area contributed by atoms with E-state index >= 15 is 0 Å². The molecule has 1 aliphatic heterocycles. The molecule has 1 unspecified atom stereocenters. The minimum absolute atomic E-state index is 0.210. The Morgan fingerprint density at radius 1 is 1.41 bits per heavy atom. The van der Waals surface area contributed by atoms with E-state index in [9.17, 15) is 4.79 Å². The average Bonchev–Trinajstić information content (AvgIpc) is 2.49. The van der Waals surface area contributed by atoms with Crippen molar-refractivity contribution in [1.29, 1.82) is 0 Å². The predicted octanol–water partition coefficient (Wildman–Crippen LogP) is 0.914. The number of rotatable bonds is 3. The van der Waals surface area contributed by atoms with Gasteiger partial charge in [0.15, 0.2) is 0 Å². The van der Waals surface area contributed by atoms with Gasteiger partial charge in [0.25, 0.3) is 0 Å². The minimum atomic E-state index is -0.434. The lowest BCUT2D eigenvalue weighted by atomic mass is 9.91. The summed E-state index contributed by atoms with van der Waals surface area (Å²) in [5.74, 6) is 0.210. The van der Waals surface area contributed by atoms with Crippen LogP contribution in [0.2, 0.25) is 0 Å². The van der Waals surface area contributed by atoms with Crippen molar-refractivity contribution in [3.63, 3.8) is 0 Å². The van der Waals surface area contributed by atoms with Crippen LogP contribution in [-0.4, -0.2) is 55.0 Å². The van der Waals surface area contributed by atoms with Crippen molar-refractivity contribution in [2.24, 2.45) is 11.1 Å². The summed E-state index contributed by atoms with van der Waals surface area (Å²) in [6.07, 6.45) is 2.07. The molecular weight excluding hydrogens is 214 g/mol. The minimum Gasteiger partial charge on any atom is -0.338 e. The van der Waals surface area contributed by atoms with E-state index in [0.717, 1.165) is 32.5 Å². The van der Waals surface area contributed by atoms with Gasteiger partial charge in [0, 0.05) is 25.7 Å². The lowest BCUT2D eigenvalue weighted by Crippen LogP contribution is -2.50. The molecule has 0 saturated carbocycles. The summed E-state index contributed by atoms with van der Waals surface area (Å²) in [7, 11) is 2.13. The van der Waals surface area contributed by atoms with Crippen molar-refractivity contribution < 1.29 is 4.79 Å². The number of nitrogens with zero attached hydrogens (tertiary/aromatic N) is 2. The molecule has 0 aliphatic carbocycles. The van der Waals surface area contributed by atoms with Crippen molar-refractivity contribution in [2.75, 3.05) is 33.2 Å². The fourth-order valence-electron chi connectivity index (χ4n) is 2.34. The first-order valence-electron chi connectivity index (χ1n) is 6.62. The highest BCUT2D eigenvalue weighted by atomic mass is 16.2. The molecule has 0 radical (unpaired) electrons. The number of nitrogens with two attached hydrogens (primary N) is 1. The molecule has 0 aromatic rings. The van der Waals surface area contributed by atoms with Gasteiger partial charge in [-0.3, -0.25) is 4.79 Å². The van der Waals surface area contributed by atoms with Crippen molar-refractivity contribution in [1.82, 2.24) is 9.80 Å². The van der Waals surface area contributed by atoms with Crippen molar-refractivity contribution >= 4 is 5.91 Å². The first-order valence-corrected chi connectivity index (χ1v) is 6.62. The number of hydrogen-bond donors (Lipinski definition) is 1. The van der Waals surface area contributed by atoms with E-state index in [1.807, 2.05) is 13.8 Å². The molecule has 1 fully saturated rings. The van der Waals surface area contributed by atoms with E-state index in [2.05, 4.69) is 23.8 Å². The normalized spacial score (nSPS) is 23.6. The molecule has 2 N–H and O–H groups in total. The van der Waals surface area contributed by atoms with Crippen molar-refractivity contribution in [2.45, 2.75) is 39.7 Å². The Morgan fingerprint density at radius 2 is 2.06 bits per heavy atom. The van der Waals surface area contributed by atoms with E-state index in [1.54, 1.807) is 0 Å². The molecule has 1 heterocycles. The van der Waals surface area contributed by atoms with Crippen molar-refractivity contribution in [3.8, 4) is 0 Å². The molecule has 1 rings (SSSR count). The van der Waals surface area contributed by atoms with Gasteiger partial charge in [-0.1, -0.05) is 6.92 Å². The highest BCUT2D eigenvalue weighted by Gasteiger charge is 2.34. The summed E-state index contributed by atoms with van der Waals surface area (Å²) in [6.45, 7) is 9.36. The molecule has 100 valence electrons. The van der Waals surface area contributed by atoms with E-state index in [-0.39, 0.29) is 5.91 Å². The van der Waals surface area contributed by atoms with Gasteiger partial charge in [-0.25, -0.2) is 0 Å². The van der Waals surface area contributed by atoms with E-state index < -0.39 is 5.41 Å². The molecule has 1 atom stereocenters. The van der Waals surface area contributed by atoms with Gasteiger partial charge in [0.1, 0.15) is 0 Å². The predicted molar refractivity (Wildman–Crippen MR) is 70.7 cm³/mol. The fraction of sp³-hybridized carbons (Fsp3) is 0.923. The molecule has 0 spiro atoms. The number of carbonyl (C=O) groups excluding carboxylic acids is 1. The zero-order chi connectivity index (χ0) is 13.1. The molecule has 1 amide bonds. The lowest BCUT2D eigenvalue weighted by molar-refractivity contribution is -0.142. The Balaban J connectivity index is 2.82. The number of likely N-dealkylation sites (N-methyl/N-ethyl adjacent to an activating group) is 1. The Bertz CT molecular complexity index is 265. The largest absolute Gasteiger partial charge is 0.338 e. The van der Waals surface area contributed by atoms with Crippen LogP contribution in [0.25, 0.3) is 0 Å². The van der Waals surface area contributed by atoms with E-state index in [1.165, 1.54) is 0 Å². The zero-order valence-corrected chi connectivity index (χ0v) is 11.7. The topological polar surface area (TPSA) is 49.6 Å². The van der Waals surface area contributed by atoms with Crippen LogP contribution in [-0.2, 0) is 4.79 Å². The van der Waals surface area contributed by atoms with Crippen LogP contribution in [0.5, 0.6) is 0 Å². The summed E-state index contributed by atoms with van der Waals surface area (Å²) in [5, 5.41) is 0. The molecule has 17 heavy (non-hydrogen) atoms. The first-order chi connectivity index (χ1) is 7.92. The SMILES string of the molecule is CCC1CN(C)CCCN1C(=O)C(C)(C)CN. The molecule has 4 heteroatoms. The first kappa shape index (κ1) is 14.5. The number of amides is 1. The van der Waals surface area contributed by atoms with Crippen LogP contribution in [0.4, 0.5) is 0 Å². The van der Waals surface area contributed by atoms with Crippen LogP contribution in [0.1, 0.15) is 33.6 Å². The lowest BCUT2D eigenvalue weighted by Gasteiger charge is -2.36. The Hall–Kier alpha value is -0.610. The summed E-state index contributed by atoms with van der Waals surface area (Å²) < 4.78 is 0. The summed E-state index contributed by atoms with van der Waals surface area (Å²) >= 11 is 0. The summed E-state index contributed by atoms with van der Waals surface area (Å²) in [6, 6.07) is 0.334. The van der Waals surface area contributed by atoms with Crippen molar-refractivity contribution in [3.05, 3.63) is 0 Å². The fourth-order valence-corrected chi connectivity index (χ4v) is 2.34. The average molecular weight is 241 g/mol. The third-order valence-corrected chi connectivity index (χ3v) is 3.72. The van der Waals surface area contributed by atoms with Gasteiger partial charge < -0.3 is 15.5 Å². The third-order valence-electron chi connectivity index (χ3n) is 3.72. The summed E-state index contributed by atoms with van der Waals surface area (Å²) in [4.78, 5) is 16.9. The zero-order valence-electron chi connectivity index (χ0n) is 11.7. The van der Waals surface area contributed by atoms with Gasteiger partial charge in [0.05, 0.1) is 5.41 Å². The molecule has 1 aliphatic rings. The monoisotopic (exact) mass is 241 g/mol. The van der Waals surface area contributed by atoms with Gasteiger partial charge in [0.2, 0.25) is 5.91 Å². The second-order valence-electron chi connectivity index (χ2n) is 5.76. The maximum absolute atomic E-state index is 12.5. The van der Waals surface area contributed by atoms with E-state index in [4.69, 9.17) is 5.73 Å². The number of hydrogen-bond acceptors (Lipinski definition) is 3. The molecule has 0 aromatic heterocycles. The quantitative estimate of drug-likeness (QED) is 0.799. The van der Waals surface area contributed by atoms with Crippen LogP contribution < -0.4 is 5.73 Å². The molecular formula is C13H27N3O. The van der Waals surface area contributed by atoms with Gasteiger partial charge in [-0.2, -0.15) is 0 Å². The third kappa shape index (κ3) is 3.42. The van der Waals surface area contributed by atoms with Gasteiger partial charge in [-0.15, -0.1) is 0 Å². The summed E-state index contributed by atoms with van der Waals surface area (Å²) in [5.41, 5.74) is 5.28. The van der Waals surface area contributed by atoms with Crippen LogP contribution in [0.15, 0.2) is 0 Å². The standard InChI is InChI=1S/C13H27N3O/c1-5-11-9-15(4)7-6-8-16(11)12(17)13(2,3)10-14/h11H,5-10,14H2,1-4H3. The smallest absolute Gasteiger partial charge is 0.229 e. The van der Waals surface area contributed by atoms with E-state index in [0.29, 0.717) is 12.6 Å². The molecule has 1 saturated heterocycles. The van der Waals surface area contributed by atoms with Crippen LogP contribution in [0, 0.1) is 5.41 Å². The second kappa shape index (κ2) is 5.83. The van der Waals surface area contributed by atoms with Crippen LogP contribution >= 0.6 is 0 Å². The molecule has 0 bridgehead atoms. The Kier molecular flexibility index (Phi) is 4.95. The second-order valence-corrected chi connectivity index (χ2v) is 5.76. The highest BCUT2D eigenvalue weighted by molar-refractivity contribution is 5.82. The maximum atomic E-state index is 12.5. The Morgan fingerprint density at radius 3 is 2.59 bits per heavy atom. The Labute approximate surface area is 105 Å². The molecule has 4 nitrogen and oxygen atoms in total. The van der Waals surface area contributed by atoms with Gasteiger partial charge in [-0.05, 0) is 40.3 Å². The van der Waals surface area contributed by atoms with Crippen LogP contribution in [0.3, 0.4) is 0 Å². The van der Waals surface area contributed by atoms with Gasteiger partial charge >= 0.3 is 0 Å². The number of carbonyl (C=O) groups is 1.